The topological polar surface area (TPSA) is 123 Å². The average Bonchev–Trinajstić information content (AvgIpc) is 2.32. The van der Waals surface area contributed by atoms with Crippen LogP contribution >= 0.6 is 0 Å². The summed E-state index contributed by atoms with van der Waals surface area (Å²) in [6.45, 7) is -0.442. The van der Waals surface area contributed by atoms with Gasteiger partial charge in [0.25, 0.3) is 0 Å². The third kappa shape index (κ3) is 17.6. The van der Waals surface area contributed by atoms with E-state index < -0.39 is 37.3 Å². The average molecular weight is 335 g/mol. The van der Waals surface area contributed by atoms with E-state index in [1.165, 1.54) is 21.0 Å². The first-order chi connectivity index (χ1) is 9.85. The van der Waals surface area contributed by atoms with E-state index in [4.69, 9.17) is 10.2 Å². The van der Waals surface area contributed by atoms with Crippen molar-refractivity contribution in [3.63, 3.8) is 0 Å². The van der Waals surface area contributed by atoms with Crippen LogP contribution in [0, 0.1) is 0 Å². The van der Waals surface area contributed by atoms with Crippen LogP contribution in [0.3, 0.4) is 0 Å². The Morgan fingerprint density at radius 2 is 1.59 bits per heavy atom. The van der Waals surface area contributed by atoms with E-state index in [0.717, 1.165) is 4.90 Å². The van der Waals surface area contributed by atoms with Crippen molar-refractivity contribution in [3.05, 3.63) is 0 Å². The minimum absolute atomic E-state index is 0.290. The zero-order chi connectivity index (χ0) is 17.9. The highest BCUT2D eigenvalue weighted by Crippen LogP contribution is 2.14. The number of carboxylic acid groups (broad SMARTS) is 2. The van der Waals surface area contributed by atoms with Crippen LogP contribution in [0.25, 0.3) is 0 Å². The van der Waals surface area contributed by atoms with Crippen LogP contribution < -0.4 is 0 Å². The van der Waals surface area contributed by atoms with Crippen molar-refractivity contribution in [2.45, 2.75) is 19.2 Å². The summed E-state index contributed by atoms with van der Waals surface area (Å²) in [5, 5.41) is 16.0. The minimum Gasteiger partial charge on any atom is -0.450 e. The van der Waals surface area contributed by atoms with Crippen LogP contribution in [0.15, 0.2) is 0 Å². The van der Waals surface area contributed by atoms with Gasteiger partial charge in [-0.05, 0) is 6.92 Å². The molecule has 1 atom stereocenters. The second-order valence-electron chi connectivity index (χ2n) is 3.84. The Morgan fingerprint density at radius 1 is 1.09 bits per heavy atom. The van der Waals surface area contributed by atoms with Crippen LogP contribution in [0.5, 0.6) is 0 Å². The van der Waals surface area contributed by atoms with Crippen LogP contribution in [-0.2, 0) is 14.2 Å². The number of hydrogen-bond donors (Lipinski definition) is 2. The fourth-order valence-corrected chi connectivity index (χ4v) is 0.667. The molecular formula is C10H16F3NO8. The highest BCUT2D eigenvalue weighted by atomic mass is 19.4. The number of ether oxygens (including phenoxy) is 3. The van der Waals surface area contributed by atoms with E-state index in [2.05, 4.69) is 14.2 Å². The monoisotopic (exact) mass is 335 g/mol. The van der Waals surface area contributed by atoms with Crippen molar-refractivity contribution in [3.8, 4) is 0 Å². The lowest BCUT2D eigenvalue weighted by molar-refractivity contribution is -0.161. The highest BCUT2D eigenvalue weighted by Gasteiger charge is 2.29. The van der Waals surface area contributed by atoms with Gasteiger partial charge in [-0.2, -0.15) is 13.2 Å². The van der Waals surface area contributed by atoms with E-state index in [-0.39, 0.29) is 6.61 Å². The summed E-state index contributed by atoms with van der Waals surface area (Å²) >= 11 is 0. The molecule has 2 N–H and O–H groups in total. The molecule has 0 heterocycles. The van der Waals surface area contributed by atoms with E-state index in [1.807, 2.05) is 0 Å². The Balaban J connectivity index is 0. The summed E-state index contributed by atoms with van der Waals surface area (Å²) in [6.07, 6.45) is -9.13. The Bertz CT molecular complexity index is 372. The zero-order valence-electron chi connectivity index (χ0n) is 11.9. The Hall–Kier alpha value is -2.40. The number of halogens is 3. The maximum atomic E-state index is 11.4. The molecule has 0 spiro atoms. The van der Waals surface area contributed by atoms with Gasteiger partial charge >= 0.3 is 24.6 Å². The molecule has 0 aliphatic rings. The molecule has 0 aromatic heterocycles. The van der Waals surface area contributed by atoms with Crippen molar-refractivity contribution in [2.24, 2.45) is 0 Å². The summed E-state index contributed by atoms with van der Waals surface area (Å²) in [5.41, 5.74) is 0. The SMILES string of the molecule is CC(COC(=O)O)OC(=O)O.CN(C)C(=O)OCC(F)(F)F. The maximum Gasteiger partial charge on any atom is 0.506 e. The molecule has 22 heavy (non-hydrogen) atoms. The lowest BCUT2D eigenvalue weighted by Crippen LogP contribution is -2.27. The number of hydrogen-bond acceptors (Lipinski definition) is 6. The number of alkyl halides is 3. The van der Waals surface area contributed by atoms with E-state index in [1.54, 1.807) is 0 Å². The Labute approximate surface area is 123 Å². The molecule has 12 heteroatoms. The number of rotatable bonds is 4. The molecule has 0 saturated heterocycles. The summed E-state index contributed by atoms with van der Waals surface area (Å²) in [5.74, 6) is 0. The van der Waals surface area contributed by atoms with Gasteiger partial charge in [0.2, 0.25) is 0 Å². The van der Waals surface area contributed by atoms with Gasteiger partial charge in [-0.3, -0.25) is 0 Å². The predicted molar refractivity (Wildman–Crippen MR) is 63.6 cm³/mol. The molecule has 9 nitrogen and oxygen atoms in total. The largest absolute Gasteiger partial charge is 0.506 e. The minimum atomic E-state index is -4.45. The summed E-state index contributed by atoms with van der Waals surface area (Å²) in [7, 11) is 2.61. The second-order valence-corrected chi connectivity index (χ2v) is 3.84. The van der Waals surface area contributed by atoms with Crippen molar-refractivity contribution in [1.82, 2.24) is 4.90 Å². The van der Waals surface area contributed by atoms with Gasteiger partial charge in [0.1, 0.15) is 12.7 Å². The lowest BCUT2D eigenvalue weighted by Gasteiger charge is -2.11. The predicted octanol–water partition coefficient (Wildman–Crippen LogP) is 2.01. The molecule has 0 aromatic carbocycles. The molecule has 0 fully saturated rings. The van der Waals surface area contributed by atoms with Crippen LogP contribution in [0.2, 0.25) is 0 Å². The normalized spacial score (nSPS) is 11.4. The Morgan fingerprint density at radius 3 is 1.91 bits per heavy atom. The smallest absolute Gasteiger partial charge is 0.450 e. The van der Waals surface area contributed by atoms with E-state index in [0.29, 0.717) is 0 Å². The summed E-state index contributed by atoms with van der Waals surface area (Å²) in [6, 6.07) is 0. The quantitative estimate of drug-likeness (QED) is 0.591. The van der Waals surface area contributed by atoms with Crippen molar-refractivity contribution < 1.29 is 52.0 Å². The first-order valence-corrected chi connectivity index (χ1v) is 5.51. The summed E-state index contributed by atoms with van der Waals surface area (Å²) in [4.78, 5) is 30.9. The van der Waals surface area contributed by atoms with Gasteiger partial charge in [-0.1, -0.05) is 0 Å². The highest BCUT2D eigenvalue weighted by molar-refractivity contribution is 5.66. The van der Waals surface area contributed by atoms with Gasteiger partial charge < -0.3 is 29.3 Å². The third-order valence-electron chi connectivity index (χ3n) is 1.47. The summed E-state index contributed by atoms with van der Waals surface area (Å²) < 4.78 is 46.1. The molecule has 0 radical (unpaired) electrons. The number of carbonyl (C=O) groups is 3. The molecule has 1 unspecified atom stereocenters. The van der Waals surface area contributed by atoms with Crippen molar-refractivity contribution in [1.29, 1.82) is 0 Å². The maximum absolute atomic E-state index is 11.4. The van der Waals surface area contributed by atoms with Crippen LogP contribution in [0.4, 0.5) is 27.6 Å². The molecule has 130 valence electrons. The van der Waals surface area contributed by atoms with Crippen molar-refractivity contribution in [2.75, 3.05) is 27.3 Å². The molecule has 0 saturated carbocycles. The van der Waals surface area contributed by atoms with Crippen molar-refractivity contribution >= 4 is 18.4 Å². The van der Waals surface area contributed by atoms with Gasteiger partial charge in [-0.15, -0.1) is 0 Å². The van der Waals surface area contributed by atoms with E-state index >= 15 is 0 Å². The fourth-order valence-electron chi connectivity index (χ4n) is 0.667. The third-order valence-corrected chi connectivity index (χ3v) is 1.47. The standard InChI is InChI=1S/C5H8F3NO2.C5H8O6/c1-9(2)4(10)11-3-5(6,7)8;1-3(11-5(8)9)2-10-4(6)7/h3H2,1-2H3;3H,2H2,1H3,(H,6,7)(H,8,9). The molecule has 1 amide bonds. The van der Waals surface area contributed by atoms with Gasteiger partial charge in [0.15, 0.2) is 6.61 Å². The molecule has 0 aromatic rings. The molecule has 0 aliphatic heterocycles. The fraction of sp³-hybridized carbons (Fsp3) is 0.700. The molecule has 0 bridgehead atoms. The molecular weight excluding hydrogens is 319 g/mol. The van der Waals surface area contributed by atoms with Crippen LogP contribution in [0.1, 0.15) is 6.92 Å². The first-order valence-electron chi connectivity index (χ1n) is 5.51. The number of carbonyl (C=O) groups excluding carboxylic acids is 1. The van der Waals surface area contributed by atoms with E-state index in [9.17, 15) is 27.6 Å². The number of nitrogens with zero attached hydrogens (tertiary/aromatic N) is 1. The zero-order valence-corrected chi connectivity index (χ0v) is 11.9. The second kappa shape index (κ2) is 10.3. The van der Waals surface area contributed by atoms with Crippen LogP contribution in [-0.4, -0.2) is 73.1 Å². The first kappa shape index (κ1) is 21.9. The van der Waals surface area contributed by atoms with Gasteiger partial charge in [0, 0.05) is 14.1 Å². The lowest BCUT2D eigenvalue weighted by atomic mass is 10.4. The molecule has 0 aliphatic carbocycles. The van der Waals surface area contributed by atoms with Gasteiger partial charge in [0.05, 0.1) is 0 Å². The van der Waals surface area contributed by atoms with Gasteiger partial charge in [-0.25, -0.2) is 14.4 Å². The Kier molecular flexibility index (Phi) is 10.3. The molecule has 0 rings (SSSR count). The number of amides is 1.